The molecule has 0 heterocycles. The molecule has 3 rings (SSSR count). The summed E-state index contributed by atoms with van der Waals surface area (Å²) in [5, 5.41) is 6.44. The van der Waals surface area contributed by atoms with Crippen LogP contribution in [-0.2, 0) is 6.54 Å². The van der Waals surface area contributed by atoms with Crippen LogP contribution >= 0.6 is 0 Å². The quantitative estimate of drug-likeness (QED) is 0.500. The first-order valence-corrected chi connectivity index (χ1v) is 10.1. The number of hydrogen-bond acceptors (Lipinski definition) is 3. The molecule has 0 spiro atoms. The van der Waals surface area contributed by atoms with Crippen LogP contribution in [0.1, 0.15) is 55.5 Å². The van der Waals surface area contributed by atoms with Crippen LogP contribution in [0.4, 0.5) is 11.4 Å². The molecule has 3 aromatic carbocycles. The highest BCUT2D eigenvalue weighted by Crippen LogP contribution is 2.26. The molecule has 0 saturated heterocycles. The van der Waals surface area contributed by atoms with E-state index in [2.05, 4.69) is 23.6 Å². The highest BCUT2D eigenvalue weighted by molar-refractivity contribution is 6.04. The molecular formula is C26H28N2O2. The van der Waals surface area contributed by atoms with Crippen molar-refractivity contribution in [2.75, 3.05) is 10.6 Å². The SMILES string of the molecule is CC(=O)c1c(C)cc(C)c(CNc2cc(NC(=O)c3ccccc3)ccc2C)c1C. The van der Waals surface area contributed by atoms with Gasteiger partial charge in [-0.3, -0.25) is 9.59 Å². The summed E-state index contributed by atoms with van der Waals surface area (Å²) < 4.78 is 0. The zero-order chi connectivity index (χ0) is 21.8. The average Bonchev–Trinajstić information content (AvgIpc) is 2.70. The van der Waals surface area contributed by atoms with Crippen molar-refractivity contribution in [2.45, 2.75) is 41.2 Å². The highest BCUT2D eigenvalue weighted by atomic mass is 16.1. The molecule has 0 aliphatic rings. The zero-order valence-electron chi connectivity index (χ0n) is 18.2. The number of aryl methyl sites for hydroxylation is 3. The third-order valence-electron chi connectivity index (χ3n) is 5.47. The third-order valence-corrected chi connectivity index (χ3v) is 5.47. The first-order valence-electron chi connectivity index (χ1n) is 10.1. The van der Waals surface area contributed by atoms with Crippen LogP contribution in [0.25, 0.3) is 0 Å². The fraction of sp³-hybridized carbons (Fsp3) is 0.231. The number of Topliss-reactive ketones (excluding diaryl/α,β-unsaturated/α-hetero) is 1. The average molecular weight is 401 g/mol. The van der Waals surface area contributed by atoms with E-state index < -0.39 is 0 Å². The maximum absolute atomic E-state index is 12.4. The van der Waals surface area contributed by atoms with Crippen LogP contribution in [0.15, 0.2) is 54.6 Å². The molecule has 30 heavy (non-hydrogen) atoms. The van der Waals surface area contributed by atoms with Crippen LogP contribution in [-0.4, -0.2) is 11.7 Å². The minimum Gasteiger partial charge on any atom is -0.381 e. The van der Waals surface area contributed by atoms with Crippen LogP contribution < -0.4 is 10.6 Å². The Morgan fingerprint density at radius 3 is 2.20 bits per heavy atom. The van der Waals surface area contributed by atoms with Crippen molar-refractivity contribution in [3.63, 3.8) is 0 Å². The summed E-state index contributed by atoms with van der Waals surface area (Å²) in [4.78, 5) is 24.5. The fourth-order valence-corrected chi connectivity index (χ4v) is 3.91. The minimum absolute atomic E-state index is 0.0908. The summed E-state index contributed by atoms with van der Waals surface area (Å²) in [5.74, 6) is -0.0465. The zero-order valence-corrected chi connectivity index (χ0v) is 18.2. The number of carbonyl (C=O) groups is 2. The number of ketones is 1. The molecule has 0 atom stereocenters. The van der Waals surface area contributed by atoms with Crippen molar-refractivity contribution in [1.29, 1.82) is 0 Å². The Hall–Kier alpha value is -3.40. The smallest absolute Gasteiger partial charge is 0.255 e. The lowest BCUT2D eigenvalue weighted by Gasteiger charge is -2.18. The van der Waals surface area contributed by atoms with E-state index in [1.165, 1.54) is 0 Å². The third kappa shape index (κ3) is 4.60. The molecule has 4 heteroatoms. The van der Waals surface area contributed by atoms with Crippen LogP contribution in [0.5, 0.6) is 0 Å². The van der Waals surface area contributed by atoms with E-state index >= 15 is 0 Å². The molecule has 0 saturated carbocycles. The molecule has 154 valence electrons. The number of anilines is 2. The number of benzene rings is 3. The van der Waals surface area contributed by atoms with Crippen molar-refractivity contribution in [3.05, 3.63) is 93.5 Å². The molecule has 0 aromatic heterocycles. The minimum atomic E-state index is -0.137. The maximum Gasteiger partial charge on any atom is 0.255 e. The molecule has 0 fully saturated rings. The Kier molecular flexibility index (Phi) is 6.36. The van der Waals surface area contributed by atoms with Gasteiger partial charge in [-0.2, -0.15) is 0 Å². The van der Waals surface area contributed by atoms with E-state index in [1.54, 1.807) is 19.1 Å². The number of rotatable bonds is 6. The molecule has 3 aromatic rings. The molecule has 0 aliphatic heterocycles. The second-order valence-electron chi connectivity index (χ2n) is 7.75. The van der Waals surface area contributed by atoms with Gasteiger partial charge in [0, 0.05) is 29.0 Å². The predicted octanol–water partition coefficient (Wildman–Crippen LogP) is 5.99. The second-order valence-corrected chi connectivity index (χ2v) is 7.75. The van der Waals surface area contributed by atoms with Gasteiger partial charge in [0.05, 0.1) is 0 Å². The summed E-state index contributed by atoms with van der Waals surface area (Å²) >= 11 is 0. The first-order chi connectivity index (χ1) is 14.3. The lowest BCUT2D eigenvalue weighted by molar-refractivity contribution is 0.101. The van der Waals surface area contributed by atoms with Gasteiger partial charge in [-0.15, -0.1) is 0 Å². The predicted molar refractivity (Wildman–Crippen MR) is 124 cm³/mol. The van der Waals surface area contributed by atoms with Gasteiger partial charge in [0.15, 0.2) is 5.78 Å². The number of hydrogen-bond donors (Lipinski definition) is 2. The molecule has 0 unspecified atom stereocenters. The van der Waals surface area contributed by atoms with Crippen molar-refractivity contribution in [2.24, 2.45) is 0 Å². The Labute approximate surface area is 178 Å². The highest BCUT2D eigenvalue weighted by Gasteiger charge is 2.14. The van der Waals surface area contributed by atoms with Gasteiger partial charge in [0.1, 0.15) is 0 Å². The molecule has 2 N–H and O–H groups in total. The Bertz CT molecular complexity index is 1100. The number of carbonyl (C=O) groups excluding carboxylic acids is 2. The summed E-state index contributed by atoms with van der Waals surface area (Å²) in [7, 11) is 0. The first kappa shape index (κ1) is 21.3. The monoisotopic (exact) mass is 400 g/mol. The Morgan fingerprint density at radius 2 is 1.53 bits per heavy atom. The standard InChI is InChI=1S/C26H28N2O2/c1-16-11-12-22(28-26(30)21-9-7-6-8-10-21)14-24(16)27-15-23-17(2)13-18(3)25(19(23)4)20(5)29/h6-14,27H,15H2,1-5H3,(H,28,30). The van der Waals surface area contributed by atoms with E-state index in [0.717, 1.165) is 44.8 Å². The molecule has 1 amide bonds. The van der Waals surface area contributed by atoms with Gasteiger partial charge in [0.25, 0.3) is 5.91 Å². The summed E-state index contributed by atoms with van der Waals surface area (Å²) in [6, 6.07) is 17.1. The molecule has 0 aliphatic carbocycles. The maximum atomic E-state index is 12.4. The lowest BCUT2D eigenvalue weighted by Crippen LogP contribution is -2.13. The van der Waals surface area contributed by atoms with Gasteiger partial charge in [0.2, 0.25) is 0 Å². The van der Waals surface area contributed by atoms with Crippen molar-refractivity contribution in [3.8, 4) is 0 Å². The van der Waals surface area contributed by atoms with Gasteiger partial charge < -0.3 is 10.6 Å². The van der Waals surface area contributed by atoms with E-state index in [4.69, 9.17) is 0 Å². The molecule has 4 nitrogen and oxygen atoms in total. The van der Waals surface area contributed by atoms with Gasteiger partial charge in [-0.1, -0.05) is 30.3 Å². The van der Waals surface area contributed by atoms with Crippen molar-refractivity contribution >= 4 is 23.1 Å². The summed E-state index contributed by atoms with van der Waals surface area (Å²) in [6.07, 6.45) is 0. The largest absolute Gasteiger partial charge is 0.381 e. The normalized spacial score (nSPS) is 10.6. The van der Waals surface area contributed by atoms with E-state index in [-0.39, 0.29) is 11.7 Å². The van der Waals surface area contributed by atoms with Gasteiger partial charge in [-0.05, 0) is 86.7 Å². The van der Waals surface area contributed by atoms with Crippen LogP contribution in [0.3, 0.4) is 0 Å². The van der Waals surface area contributed by atoms with Gasteiger partial charge in [-0.25, -0.2) is 0 Å². The summed E-state index contributed by atoms with van der Waals surface area (Å²) in [5.41, 5.74) is 8.53. The van der Waals surface area contributed by atoms with Crippen LogP contribution in [0, 0.1) is 27.7 Å². The Balaban J connectivity index is 1.81. The van der Waals surface area contributed by atoms with E-state index in [9.17, 15) is 9.59 Å². The summed E-state index contributed by atoms with van der Waals surface area (Å²) in [6.45, 7) is 10.3. The Morgan fingerprint density at radius 1 is 0.833 bits per heavy atom. The second kappa shape index (κ2) is 8.95. The number of nitrogens with one attached hydrogen (secondary N) is 2. The van der Waals surface area contributed by atoms with Crippen molar-refractivity contribution < 1.29 is 9.59 Å². The molecule has 0 radical (unpaired) electrons. The van der Waals surface area contributed by atoms with E-state index in [0.29, 0.717) is 12.1 Å². The van der Waals surface area contributed by atoms with Crippen LogP contribution in [0.2, 0.25) is 0 Å². The molecule has 0 bridgehead atoms. The topological polar surface area (TPSA) is 58.2 Å². The van der Waals surface area contributed by atoms with Crippen molar-refractivity contribution in [1.82, 2.24) is 0 Å². The molecular weight excluding hydrogens is 372 g/mol. The fourth-order valence-electron chi connectivity index (χ4n) is 3.91. The number of amides is 1. The van der Waals surface area contributed by atoms with Gasteiger partial charge >= 0.3 is 0 Å². The van der Waals surface area contributed by atoms with E-state index in [1.807, 2.05) is 57.2 Å². The lowest BCUT2D eigenvalue weighted by atomic mass is 9.91.